The molecular formula is C13H15N3O3. The van der Waals surface area contributed by atoms with Gasteiger partial charge < -0.3 is 10.4 Å². The molecule has 1 amide bonds. The van der Waals surface area contributed by atoms with Crippen molar-refractivity contribution >= 4 is 17.7 Å². The third kappa shape index (κ3) is 2.09. The summed E-state index contributed by atoms with van der Waals surface area (Å²) in [4.78, 5) is 31.3. The lowest BCUT2D eigenvalue weighted by molar-refractivity contribution is -0.124. The molecule has 1 aliphatic rings. The summed E-state index contributed by atoms with van der Waals surface area (Å²) in [5, 5.41) is 11.8. The molecule has 1 aromatic rings. The van der Waals surface area contributed by atoms with Crippen LogP contribution in [0.1, 0.15) is 36.7 Å². The van der Waals surface area contributed by atoms with E-state index in [1.165, 1.54) is 18.5 Å². The number of aliphatic imine (C=N–C) groups is 1. The maximum absolute atomic E-state index is 12.0. The molecule has 2 N–H and O–H groups in total. The Morgan fingerprint density at radius 3 is 2.68 bits per heavy atom. The molecule has 6 heteroatoms. The predicted molar refractivity (Wildman–Crippen MR) is 69.1 cm³/mol. The average molecular weight is 261 g/mol. The Kier molecular flexibility index (Phi) is 3.09. The molecule has 0 fully saturated rings. The van der Waals surface area contributed by atoms with Crippen molar-refractivity contribution in [1.29, 1.82) is 0 Å². The number of amidine groups is 1. The van der Waals surface area contributed by atoms with Gasteiger partial charge in [-0.15, -0.1) is 0 Å². The third-order valence-electron chi connectivity index (χ3n) is 3.47. The van der Waals surface area contributed by atoms with Crippen molar-refractivity contribution in [2.24, 2.45) is 10.9 Å². The number of nitrogens with zero attached hydrogens (tertiary/aromatic N) is 2. The Labute approximate surface area is 110 Å². The number of hydrogen-bond acceptors (Lipinski definition) is 4. The Bertz CT molecular complexity index is 580. The maximum Gasteiger partial charge on any atom is 0.338 e. The summed E-state index contributed by atoms with van der Waals surface area (Å²) in [6.45, 7) is 5.54. The first kappa shape index (κ1) is 13.2. The number of nitrogens with one attached hydrogen (secondary N) is 1. The van der Waals surface area contributed by atoms with Gasteiger partial charge in [-0.3, -0.25) is 14.8 Å². The van der Waals surface area contributed by atoms with E-state index >= 15 is 0 Å². The molecule has 6 nitrogen and oxygen atoms in total. The average Bonchev–Trinajstić information content (AvgIpc) is 2.67. The molecule has 0 radical (unpaired) electrons. The van der Waals surface area contributed by atoms with Crippen molar-refractivity contribution in [2.45, 2.75) is 26.3 Å². The molecule has 2 rings (SSSR count). The van der Waals surface area contributed by atoms with Gasteiger partial charge in [0.05, 0.1) is 5.56 Å². The lowest BCUT2D eigenvalue weighted by Crippen LogP contribution is -2.41. The molecule has 1 aliphatic heterocycles. The van der Waals surface area contributed by atoms with E-state index < -0.39 is 11.5 Å². The molecule has 2 heterocycles. The fourth-order valence-electron chi connectivity index (χ4n) is 1.84. The zero-order valence-corrected chi connectivity index (χ0v) is 11.0. The monoisotopic (exact) mass is 261 g/mol. The number of pyridine rings is 1. The van der Waals surface area contributed by atoms with Gasteiger partial charge in [-0.2, -0.15) is 0 Å². The minimum absolute atomic E-state index is 0.0140. The zero-order valence-electron chi connectivity index (χ0n) is 11.0. The molecule has 0 spiro atoms. The van der Waals surface area contributed by atoms with Crippen LogP contribution in [0, 0.1) is 5.92 Å². The fraction of sp³-hybridized carbons (Fsp3) is 0.385. The van der Waals surface area contributed by atoms with Crippen LogP contribution < -0.4 is 5.32 Å². The largest absolute Gasteiger partial charge is 0.478 e. The Balaban J connectivity index is 2.51. The minimum atomic E-state index is -1.10. The van der Waals surface area contributed by atoms with Gasteiger partial charge in [-0.05, 0) is 18.9 Å². The van der Waals surface area contributed by atoms with Gasteiger partial charge in [-0.1, -0.05) is 13.8 Å². The number of hydrogen-bond donors (Lipinski definition) is 2. The highest BCUT2D eigenvalue weighted by Gasteiger charge is 2.42. The van der Waals surface area contributed by atoms with Crippen LogP contribution in [0.4, 0.5) is 0 Å². The molecule has 19 heavy (non-hydrogen) atoms. The summed E-state index contributed by atoms with van der Waals surface area (Å²) in [5.74, 6) is -1.01. The van der Waals surface area contributed by atoms with Gasteiger partial charge in [0.2, 0.25) is 0 Å². The maximum atomic E-state index is 12.0. The van der Waals surface area contributed by atoms with Crippen LogP contribution in [-0.4, -0.2) is 33.3 Å². The summed E-state index contributed by atoms with van der Waals surface area (Å²) in [7, 11) is 0. The van der Waals surface area contributed by atoms with Crippen molar-refractivity contribution in [3.05, 3.63) is 29.6 Å². The van der Waals surface area contributed by atoms with Crippen LogP contribution in [0.25, 0.3) is 0 Å². The number of rotatable bonds is 3. The second-order valence-electron chi connectivity index (χ2n) is 4.94. The number of carbonyl (C=O) groups excluding carboxylic acids is 1. The van der Waals surface area contributed by atoms with E-state index in [4.69, 9.17) is 5.11 Å². The van der Waals surface area contributed by atoms with Crippen molar-refractivity contribution in [1.82, 2.24) is 10.3 Å². The Morgan fingerprint density at radius 1 is 1.47 bits per heavy atom. The number of carboxylic acid groups (broad SMARTS) is 1. The number of aromatic nitrogens is 1. The van der Waals surface area contributed by atoms with Crippen molar-refractivity contribution in [3.63, 3.8) is 0 Å². The molecule has 0 aromatic carbocycles. The molecule has 0 bridgehead atoms. The Morgan fingerprint density at radius 2 is 2.16 bits per heavy atom. The van der Waals surface area contributed by atoms with Crippen LogP contribution in [0.2, 0.25) is 0 Å². The summed E-state index contributed by atoms with van der Waals surface area (Å²) in [6, 6.07) is 1.54. The number of aromatic carboxylic acids is 1. The highest BCUT2D eigenvalue weighted by atomic mass is 16.4. The van der Waals surface area contributed by atoms with E-state index in [1.54, 1.807) is 6.92 Å². The topological polar surface area (TPSA) is 91.7 Å². The smallest absolute Gasteiger partial charge is 0.338 e. The molecule has 1 atom stereocenters. The molecule has 0 saturated heterocycles. The number of carbonyl (C=O) groups is 2. The molecule has 100 valence electrons. The highest BCUT2D eigenvalue weighted by molar-refractivity contribution is 6.18. The lowest BCUT2D eigenvalue weighted by Gasteiger charge is -2.21. The van der Waals surface area contributed by atoms with Crippen LogP contribution in [0.3, 0.4) is 0 Å². The molecule has 0 saturated carbocycles. The van der Waals surface area contributed by atoms with E-state index in [9.17, 15) is 9.59 Å². The summed E-state index contributed by atoms with van der Waals surface area (Å²) in [5.41, 5.74) is -0.469. The number of amides is 1. The Hall–Kier alpha value is -2.24. The zero-order chi connectivity index (χ0) is 14.2. The van der Waals surface area contributed by atoms with E-state index in [1.807, 2.05) is 13.8 Å². The van der Waals surface area contributed by atoms with Crippen molar-refractivity contribution in [3.8, 4) is 0 Å². The van der Waals surface area contributed by atoms with E-state index in [-0.39, 0.29) is 17.4 Å². The van der Waals surface area contributed by atoms with Crippen LogP contribution >= 0.6 is 0 Å². The first-order chi connectivity index (χ1) is 8.86. The van der Waals surface area contributed by atoms with Gasteiger partial charge in [0.25, 0.3) is 5.91 Å². The normalized spacial score (nSPS) is 22.3. The van der Waals surface area contributed by atoms with Gasteiger partial charge >= 0.3 is 5.97 Å². The van der Waals surface area contributed by atoms with Gasteiger partial charge in [-0.25, -0.2) is 4.79 Å². The quantitative estimate of drug-likeness (QED) is 0.851. The lowest BCUT2D eigenvalue weighted by atomic mass is 9.89. The standard InChI is InChI=1S/C13H15N3O3/c1-7(2)13(3)12(19)15-10(16-13)8-4-5-14-6-9(8)11(17)18/h4-7H,1-3H3,(H,17,18)(H,15,16,19). The van der Waals surface area contributed by atoms with Crippen molar-refractivity contribution < 1.29 is 14.7 Å². The first-order valence-corrected chi connectivity index (χ1v) is 5.95. The second-order valence-corrected chi connectivity index (χ2v) is 4.94. The third-order valence-corrected chi connectivity index (χ3v) is 3.47. The molecule has 0 aliphatic carbocycles. The molecule has 1 unspecified atom stereocenters. The van der Waals surface area contributed by atoms with Gasteiger partial charge in [0.1, 0.15) is 11.4 Å². The number of carboxylic acids is 1. The van der Waals surface area contributed by atoms with Crippen molar-refractivity contribution in [2.75, 3.05) is 0 Å². The van der Waals surface area contributed by atoms with E-state index in [0.717, 1.165) is 0 Å². The van der Waals surface area contributed by atoms with Crippen LogP contribution in [-0.2, 0) is 4.79 Å². The van der Waals surface area contributed by atoms with E-state index in [2.05, 4.69) is 15.3 Å². The van der Waals surface area contributed by atoms with Gasteiger partial charge in [0.15, 0.2) is 0 Å². The summed E-state index contributed by atoms with van der Waals surface area (Å²) in [6.07, 6.45) is 2.72. The second kappa shape index (κ2) is 4.46. The fourth-order valence-corrected chi connectivity index (χ4v) is 1.84. The minimum Gasteiger partial charge on any atom is -0.478 e. The van der Waals surface area contributed by atoms with E-state index in [0.29, 0.717) is 11.4 Å². The highest BCUT2D eigenvalue weighted by Crippen LogP contribution is 2.27. The SMILES string of the molecule is CC(C)C1(C)N=C(c2ccncc2C(=O)O)NC1=O. The molecule has 1 aromatic heterocycles. The molecular weight excluding hydrogens is 246 g/mol. The summed E-state index contributed by atoms with van der Waals surface area (Å²) < 4.78 is 0. The van der Waals surface area contributed by atoms with Gasteiger partial charge in [0, 0.05) is 18.0 Å². The van der Waals surface area contributed by atoms with Crippen LogP contribution in [0.15, 0.2) is 23.5 Å². The first-order valence-electron chi connectivity index (χ1n) is 5.95. The summed E-state index contributed by atoms with van der Waals surface area (Å²) >= 11 is 0. The predicted octanol–water partition coefficient (Wildman–Crippen LogP) is 1.07. The van der Waals surface area contributed by atoms with Crippen LogP contribution in [0.5, 0.6) is 0 Å².